The standard InChI is InChI=1S/C27H25NO6/c1-16-8-7-9-17(14-16)24-23(25(29)19-13-12-18(32-2)15-22(19)34-4)26(30)27(31)28(24)20-10-5-6-11-21(20)33-3/h5-15,24,29H,1-4H3/b25-23-. The Bertz CT molecular complexity index is 1300. The van der Waals surface area contributed by atoms with Crippen LogP contribution in [0.15, 0.2) is 72.3 Å². The quantitative estimate of drug-likeness (QED) is 0.328. The SMILES string of the molecule is COc1ccc(/C(O)=C2/C(=O)C(=O)N(c3ccccc3OC)C2c2cccc(C)c2)c(OC)c1. The third-order valence-electron chi connectivity index (χ3n) is 5.81. The normalized spacial score (nSPS) is 17.1. The zero-order chi connectivity index (χ0) is 24.4. The van der Waals surface area contributed by atoms with Crippen molar-refractivity contribution in [2.75, 3.05) is 26.2 Å². The number of aliphatic hydroxyl groups excluding tert-OH is 1. The van der Waals surface area contributed by atoms with E-state index in [1.54, 1.807) is 42.5 Å². The summed E-state index contributed by atoms with van der Waals surface area (Å²) in [7, 11) is 4.47. The molecule has 0 aliphatic carbocycles. The predicted octanol–water partition coefficient (Wildman–Crippen LogP) is 4.65. The fraction of sp³-hybridized carbons (Fsp3) is 0.185. The lowest BCUT2D eigenvalue weighted by molar-refractivity contribution is -0.132. The molecule has 0 bridgehead atoms. The van der Waals surface area contributed by atoms with Crippen molar-refractivity contribution in [3.05, 3.63) is 89.0 Å². The average Bonchev–Trinajstić information content (AvgIpc) is 3.13. The fourth-order valence-electron chi connectivity index (χ4n) is 4.20. The second kappa shape index (κ2) is 9.31. The number of ether oxygens (including phenoxy) is 3. The van der Waals surface area contributed by atoms with Crippen LogP contribution in [0.1, 0.15) is 22.7 Å². The van der Waals surface area contributed by atoms with E-state index in [9.17, 15) is 14.7 Å². The molecule has 7 nitrogen and oxygen atoms in total. The van der Waals surface area contributed by atoms with Gasteiger partial charge in [0.1, 0.15) is 23.0 Å². The van der Waals surface area contributed by atoms with Gasteiger partial charge in [-0.2, -0.15) is 0 Å². The number of hydrogen-bond donors (Lipinski definition) is 1. The molecule has 1 N–H and O–H groups in total. The van der Waals surface area contributed by atoms with Crippen molar-refractivity contribution in [1.82, 2.24) is 0 Å². The number of rotatable bonds is 6. The highest BCUT2D eigenvalue weighted by atomic mass is 16.5. The van der Waals surface area contributed by atoms with Crippen LogP contribution < -0.4 is 19.1 Å². The topological polar surface area (TPSA) is 85.3 Å². The number of aryl methyl sites for hydroxylation is 1. The number of amides is 1. The van der Waals surface area contributed by atoms with Crippen LogP contribution in [0.4, 0.5) is 5.69 Å². The van der Waals surface area contributed by atoms with Crippen LogP contribution in [0.3, 0.4) is 0 Å². The van der Waals surface area contributed by atoms with E-state index in [1.807, 2.05) is 31.2 Å². The molecule has 0 radical (unpaired) electrons. The summed E-state index contributed by atoms with van der Waals surface area (Å²) in [5.41, 5.74) is 2.30. The Morgan fingerprint density at radius 2 is 1.59 bits per heavy atom. The molecule has 1 unspecified atom stereocenters. The van der Waals surface area contributed by atoms with E-state index < -0.39 is 17.7 Å². The maximum Gasteiger partial charge on any atom is 0.300 e. The van der Waals surface area contributed by atoms with E-state index in [1.165, 1.54) is 26.2 Å². The van der Waals surface area contributed by atoms with E-state index in [-0.39, 0.29) is 16.9 Å². The summed E-state index contributed by atoms with van der Waals surface area (Å²) in [5.74, 6) is -0.620. The van der Waals surface area contributed by atoms with E-state index in [0.29, 0.717) is 28.5 Å². The first kappa shape index (κ1) is 22.9. The molecule has 0 spiro atoms. The van der Waals surface area contributed by atoms with Crippen LogP contribution in [0, 0.1) is 6.92 Å². The molecule has 34 heavy (non-hydrogen) atoms. The van der Waals surface area contributed by atoms with Gasteiger partial charge in [0.25, 0.3) is 11.7 Å². The Morgan fingerprint density at radius 1 is 0.853 bits per heavy atom. The van der Waals surface area contributed by atoms with E-state index >= 15 is 0 Å². The molecule has 174 valence electrons. The van der Waals surface area contributed by atoms with Crippen molar-refractivity contribution >= 4 is 23.1 Å². The Morgan fingerprint density at radius 3 is 2.26 bits per heavy atom. The third kappa shape index (κ3) is 3.85. The van der Waals surface area contributed by atoms with Crippen LogP contribution in [0.25, 0.3) is 5.76 Å². The molecule has 1 aliphatic heterocycles. The van der Waals surface area contributed by atoms with Gasteiger partial charge in [0.05, 0.1) is 44.2 Å². The van der Waals surface area contributed by atoms with Crippen molar-refractivity contribution in [2.24, 2.45) is 0 Å². The largest absolute Gasteiger partial charge is 0.507 e. The van der Waals surface area contributed by atoms with Crippen LogP contribution in [-0.2, 0) is 9.59 Å². The van der Waals surface area contributed by atoms with Gasteiger partial charge in [0.15, 0.2) is 0 Å². The summed E-state index contributed by atoms with van der Waals surface area (Å²) in [4.78, 5) is 28.1. The highest BCUT2D eigenvalue weighted by Crippen LogP contribution is 2.46. The molecule has 1 fully saturated rings. The van der Waals surface area contributed by atoms with Crippen molar-refractivity contribution in [3.8, 4) is 17.2 Å². The lowest BCUT2D eigenvalue weighted by Gasteiger charge is -2.27. The lowest BCUT2D eigenvalue weighted by Crippen LogP contribution is -2.29. The molecule has 1 heterocycles. The number of carbonyl (C=O) groups is 2. The number of Topliss-reactive ketones (excluding diaryl/α,β-unsaturated/α-hetero) is 1. The Balaban J connectivity index is 2.00. The van der Waals surface area contributed by atoms with Crippen LogP contribution >= 0.6 is 0 Å². The second-order valence-electron chi connectivity index (χ2n) is 7.82. The van der Waals surface area contributed by atoms with Crippen molar-refractivity contribution < 1.29 is 28.9 Å². The summed E-state index contributed by atoms with van der Waals surface area (Å²) >= 11 is 0. The summed E-state index contributed by atoms with van der Waals surface area (Å²) in [5, 5.41) is 11.4. The van der Waals surface area contributed by atoms with Gasteiger partial charge in [-0.05, 0) is 36.8 Å². The molecule has 1 atom stereocenters. The van der Waals surface area contributed by atoms with Crippen molar-refractivity contribution in [2.45, 2.75) is 13.0 Å². The lowest BCUT2D eigenvalue weighted by atomic mass is 9.94. The first-order valence-electron chi connectivity index (χ1n) is 10.6. The molecule has 0 saturated carbocycles. The zero-order valence-corrected chi connectivity index (χ0v) is 19.4. The first-order valence-corrected chi connectivity index (χ1v) is 10.6. The molecular weight excluding hydrogens is 434 g/mol. The van der Waals surface area contributed by atoms with Crippen molar-refractivity contribution in [3.63, 3.8) is 0 Å². The van der Waals surface area contributed by atoms with Gasteiger partial charge in [-0.3, -0.25) is 14.5 Å². The molecule has 3 aromatic carbocycles. The Kier molecular flexibility index (Phi) is 6.27. The van der Waals surface area contributed by atoms with E-state index in [0.717, 1.165) is 5.56 Å². The second-order valence-corrected chi connectivity index (χ2v) is 7.82. The molecule has 1 amide bonds. The summed E-state index contributed by atoms with van der Waals surface area (Å²) in [6, 6.07) is 18.4. The van der Waals surface area contributed by atoms with Crippen LogP contribution in [-0.4, -0.2) is 38.1 Å². The number of aliphatic hydroxyl groups is 1. The number of ketones is 1. The molecular formula is C27H25NO6. The van der Waals surface area contributed by atoms with E-state index in [2.05, 4.69) is 0 Å². The van der Waals surface area contributed by atoms with Crippen molar-refractivity contribution in [1.29, 1.82) is 0 Å². The van der Waals surface area contributed by atoms with Gasteiger partial charge in [0, 0.05) is 6.07 Å². The summed E-state index contributed by atoms with van der Waals surface area (Å²) in [6.07, 6.45) is 0. The molecule has 1 saturated heterocycles. The predicted molar refractivity (Wildman–Crippen MR) is 129 cm³/mol. The van der Waals surface area contributed by atoms with Gasteiger partial charge in [-0.1, -0.05) is 42.0 Å². The number of anilines is 1. The monoisotopic (exact) mass is 459 g/mol. The number of methoxy groups -OCH3 is 3. The summed E-state index contributed by atoms with van der Waals surface area (Å²) in [6.45, 7) is 1.92. The number of hydrogen-bond acceptors (Lipinski definition) is 6. The van der Waals surface area contributed by atoms with Gasteiger partial charge in [0.2, 0.25) is 0 Å². The highest BCUT2D eigenvalue weighted by molar-refractivity contribution is 6.52. The number of carbonyl (C=O) groups excluding carboxylic acids is 2. The van der Waals surface area contributed by atoms with Gasteiger partial charge < -0.3 is 19.3 Å². The number of para-hydroxylation sites is 2. The van der Waals surface area contributed by atoms with Gasteiger partial charge in [-0.15, -0.1) is 0 Å². The molecule has 4 rings (SSSR count). The smallest absolute Gasteiger partial charge is 0.300 e. The Hall–Kier alpha value is -4.26. The van der Waals surface area contributed by atoms with E-state index in [4.69, 9.17) is 14.2 Å². The molecule has 1 aliphatic rings. The first-order chi connectivity index (χ1) is 16.4. The fourth-order valence-corrected chi connectivity index (χ4v) is 4.20. The summed E-state index contributed by atoms with van der Waals surface area (Å²) < 4.78 is 16.1. The Labute approximate surface area is 197 Å². The number of nitrogens with zero attached hydrogens (tertiary/aromatic N) is 1. The molecule has 3 aromatic rings. The average molecular weight is 459 g/mol. The maximum absolute atomic E-state index is 13.4. The molecule has 0 aromatic heterocycles. The minimum atomic E-state index is -0.872. The highest BCUT2D eigenvalue weighted by Gasteiger charge is 2.48. The third-order valence-corrected chi connectivity index (χ3v) is 5.81. The van der Waals surface area contributed by atoms with Gasteiger partial charge >= 0.3 is 0 Å². The zero-order valence-electron chi connectivity index (χ0n) is 19.4. The minimum Gasteiger partial charge on any atom is -0.507 e. The van der Waals surface area contributed by atoms with Crippen LogP contribution in [0.5, 0.6) is 17.2 Å². The maximum atomic E-state index is 13.4. The van der Waals surface area contributed by atoms with Crippen LogP contribution in [0.2, 0.25) is 0 Å². The minimum absolute atomic E-state index is 0.0371. The van der Waals surface area contributed by atoms with Gasteiger partial charge in [-0.25, -0.2) is 0 Å². The number of benzene rings is 3. The molecule has 7 heteroatoms.